The number of amides is 1. The number of rotatable bonds is 3. The number of esters is 1. The first-order valence-electron chi connectivity index (χ1n) is 7.81. The van der Waals surface area contributed by atoms with E-state index in [1.807, 2.05) is 0 Å². The molecule has 2 fully saturated rings. The van der Waals surface area contributed by atoms with Crippen molar-refractivity contribution in [2.24, 2.45) is 10.8 Å². The predicted molar refractivity (Wildman–Crippen MR) is 85.3 cm³/mol. The summed E-state index contributed by atoms with van der Waals surface area (Å²) in [6, 6.07) is 2.08. The summed E-state index contributed by atoms with van der Waals surface area (Å²) in [4.78, 5) is 36.3. The van der Waals surface area contributed by atoms with Gasteiger partial charge in [0.1, 0.15) is 17.0 Å². The van der Waals surface area contributed by atoms with Crippen LogP contribution in [0.1, 0.15) is 44.0 Å². The quantitative estimate of drug-likeness (QED) is 0.483. The van der Waals surface area contributed by atoms with Crippen LogP contribution in [-0.2, 0) is 14.3 Å². The number of fused-ring (bicyclic) bond motifs is 2. The van der Waals surface area contributed by atoms with Crippen LogP contribution in [0.2, 0.25) is 0 Å². The van der Waals surface area contributed by atoms with E-state index < -0.39 is 57.0 Å². The number of ether oxygens (including phenoxy) is 1. The summed E-state index contributed by atoms with van der Waals surface area (Å²) in [7, 11) is 0. The van der Waals surface area contributed by atoms with E-state index in [-0.39, 0.29) is 0 Å². The third-order valence-electron chi connectivity index (χ3n) is 6.08. The number of aromatic carboxylic acids is 1. The number of nitrogens with one attached hydrogen (secondary N) is 1. The lowest BCUT2D eigenvalue weighted by molar-refractivity contribution is -0.165. The van der Waals surface area contributed by atoms with Gasteiger partial charge in [0.25, 0.3) is 5.91 Å². The van der Waals surface area contributed by atoms with Crippen LogP contribution >= 0.6 is 0 Å². The van der Waals surface area contributed by atoms with E-state index in [0.717, 1.165) is 12.1 Å². The van der Waals surface area contributed by atoms with Crippen LogP contribution in [0.25, 0.3) is 0 Å². The largest absolute Gasteiger partial charge is 0.506 e. The molecule has 0 radical (unpaired) electrons. The highest BCUT2D eigenvalue weighted by Crippen LogP contribution is 2.65. The molecule has 8 nitrogen and oxygen atoms in total. The number of carboxylic acids is 1. The number of aromatic hydroxyl groups is 2. The highest BCUT2D eigenvalue weighted by Gasteiger charge is 2.75. The van der Waals surface area contributed by atoms with Gasteiger partial charge in [-0.3, -0.25) is 9.59 Å². The van der Waals surface area contributed by atoms with Crippen LogP contribution in [-0.4, -0.2) is 38.8 Å². The molecule has 1 saturated heterocycles. The van der Waals surface area contributed by atoms with Crippen molar-refractivity contribution in [1.29, 1.82) is 0 Å². The van der Waals surface area contributed by atoms with E-state index in [2.05, 4.69) is 5.32 Å². The normalized spacial score (nSPS) is 29.3. The summed E-state index contributed by atoms with van der Waals surface area (Å²) in [6.45, 7) is 5.27. The molecule has 1 aromatic rings. The third-order valence-corrected chi connectivity index (χ3v) is 6.08. The Morgan fingerprint density at radius 3 is 2.28 bits per heavy atom. The second-order valence-electron chi connectivity index (χ2n) is 7.29. The Morgan fingerprint density at radius 1 is 1.16 bits per heavy atom. The maximum atomic E-state index is 12.9. The Balaban J connectivity index is 2.01. The minimum atomic E-state index is -1.45. The van der Waals surface area contributed by atoms with Crippen molar-refractivity contribution in [3.05, 3.63) is 17.7 Å². The number of phenols is 2. The monoisotopic (exact) mass is 349 g/mol. The summed E-state index contributed by atoms with van der Waals surface area (Å²) in [5.74, 6) is -3.84. The van der Waals surface area contributed by atoms with Gasteiger partial charge in [0.2, 0.25) is 0 Å². The van der Waals surface area contributed by atoms with Crippen LogP contribution in [0.3, 0.4) is 0 Å². The van der Waals surface area contributed by atoms with Crippen molar-refractivity contribution in [3.63, 3.8) is 0 Å². The average molecular weight is 349 g/mol. The lowest BCUT2D eigenvalue weighted by Crippen LogP contribution is -2.50. The first-order chi connectivity index (χ1) is 11.5. The highest BCUT2D eigenvalue weighted by atomic mass is 16.6. The number of benzene rings is 1. The van der Waals surface area contributed by atoms with Crippen molar-refractivity contribution in [3.8, 4) is 11.5 Å². The van der Waals surface area contributed by atoms with E-state index in [1.165, 1.54) is 0 Å². The van der Waals surface area contributed by atoms with Crippen LogP contribution in [0.4, 0.5) is 5.69 Å². The van der Waals surface area contributed by atoms with Gasteiger partial charge in [-0.1, -0.05) is 13.8 Å². The van der Waals surface area contributed by atoms with Gasteiger partial charge in [-0.15, -0.1) is 0 Å². The van der Waals surface area contributed by atoms with Crippen molar-refractivity contribution in [2.75, 3.05) is 5.32 Å². The fourth-order valence-electron chi connectivity index (χ4n) is 3.84. The molecule has 3 rings (SSSR count). The molecule has 2 aliphatic rings. The van der Waals surface area contributed by atoms with E-state index in [1.54, 1.807) is 20.8 Å². The number of hydrogen-bond donors (Lipinski definition) is 4. The van der Waals surface area contributed by atoms with Crippen LogP contribution < -0.4 is 5.32 Å². The summed E-state index contributed by atoms with van der Waals surface area (Å²) >= 11 is 0. The molecule has 4 N–H and O–H groups in total. The molecule has 1 amide bonds. The molecule has 1 aromatic carbocycles. The molecule has 2 atom stereocenters. The number of carbonyl (C=O) groups is 3. The Labute approximate surface area is 143 Å². The molecular weight excluding hydrogens is 330 g/mol. The molecule has 1 aliphatic carbocycles. The molecule has 1 aliphatic heterocycles. The Hall–Kier alpha value is -2.77. The molecule has 25 heavy (non-hydrogen) atoms. The van der Waals surface area contributed by atoms with Crippen LogP contribution in [0.5, 0.6) is 11.5 Å². The van der Waals surface area contributed by atoms with Gasteiger partial charge in [-0.2, -0.15) is 0 Å². The number of carboxylic acid groups (broad SMARTS) is 1. The summed E-state index contributed by atoms with van der Waals surface area (Å²) in [5.41, 5.74) is -3.96. The predicted octanol–water partition coefficient (Wildman–Crippen LogP) is 1.86. The zero-order valence-electron chi connectivity index (χ0n) is 14.0. The minimum Gasteiger partial charge on any atom is -0.506 e. The Bertz CT molecular complexity index is 815. The summed E-state index contributed by atoms with van der Waals surface area (Å²) in [6.07, 6.45) is 0.771. The standard InChI is InChI=1S/C17H19NO7/c1-15(2)16(3)6-7-17(15,25-14(16)24)13(23)18-10-9(19)5-4-8(11(10)20)12(21)22/h4-5,19-20H,6-7H2,1-3H3,(H,18,23)(H,21,22)/t16-,17+/m0/s1. The average Bonchev–Trinajstić information content (AvgIpc) is 2.81. The smallest absolute Gasteiger partial charge is 0.339 e. The van der Waals surface area contributed by atoms with E-state index in [9.17, 15) is 24.6 Å². The molecule has 0 unspecified atom stereocenters. The molecular formula is C17H19NO7. The molecule has 1 saturated carbocycles. The number of hydrogen-bond acceptors (Lipinski definition) is 6. The second-order valence-corrected chi connectivity index (χ2v) is 7.29. The summed E-state index contributed by atoms with van der Waals surface area (Å²) in [5, 5.41) is 31.4. The van der Waals surface area contributed by atoms with Gasteiger partial charge >= 0.3 is 11.9 Å². The second kappa shape index (κ2) is 4.87. The fraction of sp³-hybridized carbons (Fsp3) is 0.471. The van der Waals surface area contributed by atoms with Crippen molar-refractivity contribution < 1.29 is 34.4 Å². The summed E-state index contributed by atoms with van der Waals surface area (Å²) < 4.78 is 5.43. The maximum absolute atomic E-state index is 12.9. The number of anilines is 1. The Morgan fingerprint density at radius 2 is 1.80 bits per heavy atom. The van der Waals surface area contributed by atoms with Crippen molar-refractivity contribution >= 4 is 23.5 Å². The van der Waals surface area contributed by atoms with Gasteiger partial charge in [-0.05, 0) is 31.9 Å². The van der Waals surface area contributed by atoms with Gasteiger partial charge in [0, 0.05) is 5.41 Å². The van der Waals surface area contributed by atoms with Crippen LogP contribution in [0.15, 0.2) is 12.1 Å². The molecule has 134 valence electrons. The van der Waals surface area contributed by atoms with E-state index in [4.69, 9.17) is 9.84 Å². The highest BCUT2D eigenvalue weighted by molar-refractivity contribution is 6.06. The zero-order chi connectivity index (χ0) is 18.8. The lowest BCUT2D eigenvalue weighted by Gasteiger charge is -2.35. The molecule has 8 heteroatoms. The minimum absolute atomic E-state index is 0.300. The first-order valence-corrected chi connectivity index (χ1v) is 7.81. The third kappa shape index (κ3) is 1.90. The topological polar surface area (TPSA) is 133 Å². The number of carbonyl (C=O) groups excluding carboxylic acids is 2. The van der Waals surface area contributed by atoms with Gasteiger partial charge in [0.15, 0.2) is 11.4 Å². The van der Waals surface area contributed by atoms with Gasteiger partial charge in [-0.25, -0.2) is 4.79 Å². The van der Waals surface area contributed by atoms with Crippen molar-refractivity contribution in [1.82, 2.24) is 0 Å². The zero-order valence-corrected chi connectivity index (χ0v) is 14.0. The number of phenolic OH excluding ortho intramolecular Hbond substituents is 1. The Kier molecular flexibility index (Phi) is 3.33. The first kappa shape index (κ1) is 17.1. The molecule has 0 spiro atoms. The fourth-order valence-corrected chi connectivity index (χ4v) is 3.84. The molecule has 1 heterocycles. The van der Waals surface area contributed by atoms with Gasteiger partial charge < -0.3 is 25.4 Å². The maximum Gasteiger partial charge on any atom is 0.339 e. The molecule has 0 aromatic heterocycles. The lowest BCUT2D eigenvalue weighted by atomic mass is 9.66. The van der Waals surface area contributed by atoms with E-state index >= 15 is 0 Å². The molecule has 2 bridgehead atoms. The van der Waals surface area contributed by atoms with E-state index in [0.29, 0.717) is 12.8 Å². The van der Waals surface area contributed by atoms with Crippen molar-refractivity contribution in [2.45, 2.75) is 39.2 Å². The van der Waals surface area contributed by atoms with Crippen LogP contribution in [0, 0.1) is 10.8 Å². The van der Waals surface area contributed by atoms with Gasteiger partial charge in [0.05, 0.1) is 5.41 Å². The SMILES string of the molecule is CC1(C)[C@@]2(C)CC[C@]1(C(=O)Nc1c(O)ccc(C(=O)O)c1O)OC2=O.